The van der Waals surface area contributed by atoms with Gasteiger partial charge in [-0.1, -0.05) is 50.2 Å². The van der Waals surface area contributed by atoms with Crippen molar-refractivity contribution in [2.75, 3.05) is 11.9 Å². The zero-order valence-corrected chi connectivity index (χ0v) is 15.7. The number of hydrogen-bond donors (Lipinski definition) is 1. The van der Waals surface area contributed by atoms with Gasteiger partial charge in [-0.15, -0.1) is 0 Å². The number of carbonyl (C=O) groups excluding carboxylic acids is 3. The van der Waals surface area contributed by atoms with Crippen LogP contribution in [0.3, 0.4) is 0 Å². The van der Waals surface area contributed by atoms with Crippen molar-refractivity contribution in [3.8, 4) is 0 Å². The Morgan fingerprint density at radius 3 is 2.00 bits per heavy atom. The Morgan fingerprint density at radius 2 is 1.46 bits per heavy atom. The van der Waals surface area contributed by atoms with Gasteiger partial charge in [0.05, 0.1) is 0 Å². The summed E-state index contributed by atoms with van der Waals surface area (Å²) >= 11 is 0. The summed E-state index contributed by atoms with van der Waals surface area (Å²) in [7, 11) is 0. The minimum atomic E-state index is -0.445. The van der Waals surface area contributed by atoms with Crippen molar-refractivity contribution < 1.29 is 14.4 Å². The lowest BCUT2D eigenvalue weighted by molar-refractivity contribution is -0.116. The van der Waals surface area contributed by atoms with Crippen molar-refractivity contribution in [2.24, 2.45) is 0 Å². The maximum atomic E-state index is 12.8. The molecule has 0 aliphatic carbocycles. The molecule has 3 aromatic carbocycles. The van der Waals surface area contributed by atoms with Gasteiger partial charge in [0.25, 0.3) is 11.8 Å². The first-order chi connectivity index (χ1) is 13.5. The molecule has 5 heteroatoms. The van der Waals surface area contributed by atoms with E-state index >= 15 is 0 Å². The quantitative estimate of drug-likeness (QED) is 0.698. The van der Waals surface area contributed by atoms with Gasteiger partial charge in [-0.2, -0.15) is 0 Å². The molecule has 0 saturated heterocycles. The van der Waals surface area contributed by atoms with E-state index in [1.165, 1.54) is 5.56 Å². The Balaban J connectivity index is 1.56. The van der Waals surface area contributed by atoms with Gasteiger partial charge in [0.1, 0.15) is 6.54 Å². The predicted octanol–water partition coefficient (Wildman–Crippen LogP) is 4.20. The van der Waals surface area contributed by atoms with Crippen LogP contribution in [0.25, 0.3) is 10.8 Å². The highest BCUT2D eigenvalue weighted by molar-refractivity contribution is 6.26. The zero-order chi connectivity index (χ0) is 19.8. The summed E-state index contributed by atoms with van der Waals surface area (Å²) in [6.45, 7) is 3.87. The largest absolute Gasteiger partial charge is 0.325 e. The lowest BCUT2D eigenvalue weighted by Crippen LogP contribution is -2.44. The number of hydrogen-bond acceptors (Lipinski definition) is 3. The van der Waals surface area contributed by atoms with Crippen molar-refractivity contribution in [1.82, 2.24) is 4.90 Å². The average Bonchev–Trinajstić information content (AvgIpc) is 2.69. The maximum Gasteiger partial charge on any atom is 0.261 e. The molecule has 0 atom stereocenters. The second kappa shape index (κ2) is 6.93. The first-order valence-corrected chi connectivity index (χ1v) is 9.23. The lowest BCUT2D eigenvalue weighted by Gasteiger charge is -2.26. The maximum absolute atomic E-state index is 12.8. The van der Waals surface area contributed by atoms with Gasteiger partial charge in [0, 0.05) is 22.2 Å². The molecule has 4 rings (SSSR count). The van der Waals surface area contributed by atoms with Gasteiger partial charge in [0.15, 0.2) is 0 Å². The van der Waals surface area contributed by atoms with Crippen molar-refractivity contribution >= 4 is 34.2 Å². The van der Waals surface area contributed by atoms with Crippen LogP contribution in [0, 0.1) is 0 Å². The number of nitrogens with one attached hydrogen (secondary N) is 1. The zero-order valence-electron chi connectivity index (χ0n) is 15.7. The number of amides is 3. The highest BCUT2D eigenvalue weighted by atomic mass is 16.2. The summed E-state index contributed by atoms with van der Waals surface area (Å²) in [4.78, 5) is 39.2. The standard InChI is InChI=1S/C23H20N2O3/c1-14(2)15-9-11-17(12-10-15)24-20(26)13-25-22(27)18-7-3-5-16-6-4-8-19(21(16)18)23(25)28/h3-12,14H,13H2,1-2H3,(H,24,26). The molecular formula is C23H20N2O3. The van der Waals surface area contributed by atoms with Gasteiger partial charge in [-0.3, -0.25) is 19.3 Å². The topological polar surface area (TPSA) is 66.5 Å². The highest BCUT2D eigenvalue weighted by Crippen LogP contribution is 2.29. The van der Waals surface area contributed by atoms with E-state index in [1.54, 1.807) is 24.3 Å². The van der Waals surface area contributed by atoms with Crippen LogP contribution in [-0.4, -0.2) is 29.2 Å². The summed E-state index contributed by atoms with van der Waals surface area (Å²) in [5, 5.41) is 4.25. The first-order valence-electron chi connectivity index (χ1n) is 9.23. The van der Waals surface area contributed by atoms with Crippen LogP contribution in [0.2, 0.25) is 0 Å². The van der Waals surface area contributed by atoms with Crippen molar-refractivity contribution in [1.29, 1.82) is 0 Å². The van der Waals surface area contributed by atoms with Gasteiger partial charge >= 0.3 is 0 Å². The van der Waals surface area contributed by atoms with Crippen LogP contribution in [0.5, 0.6) is 0 Å². The molecule has 0 spiro atoms. The summed E-state index contributed by atoms with van der Waals surface area (Å²) in [5.74, 6) is -0.902. The third-order valence-electron chi connectivity index (χ3n) is 5.02. The normalized spacial score (nSPS) is 13.3. The molecule has 3 aromatic rings. The van der Waals surface area contributed by atoms with E-state index in [1.807, 2.05) is 36.4 Å². The summed E-state index contributed by atoms with van der Waals surface area (Å²) in [5.41, 5.74) is 2.70. The second-order valence-corrected chi connectivity index (χ2v) is 7.23. The predicted molar refractivity (Wildman–Crippen MR) is 108 cm³/mol. The summed E-state index contributed by atoms with van der Waals surface area (Å²) in [6.07, 6.45) is 0. The Bertz CT molecular complexity index is 1050. The molecule has 1 heterocycles. The SMILES string of the molecule is CC(C)c1ccc(NC(=O)CN2C(=O)c3cccc4cccc(c34)C2=O)cc1. The number of nitrogens with zero attached hydrogens (tertiary/aromatic N) is 1. The molecule has 1 aliphatic heterocycles. The molecule has 0 unspecified atom stereocenters. The summed E-state index contributed by atoms with van der Waals surface area (Å²) < 4.78 is 0. The number of anilines is 1. The molecule has 140 valence electrons. The minimum absolute atomic E-state index is 0.325. The van der Waals surface area contributed by atoms with Gasteiger partial charge in [0.2, 0.25) is 5.91 Å². The average molecular weight is 372 g/mol. The first kappa shape index (κ1) is 17.9. The molecule has 1 N–H and O–H groups in total. The molecule has 28 heavy (non-hydrogen) atoms. The smallest absolute Gasteiger partial charge is 0.261 e. The van der Waals surface area contributed by atoms with Crippen LogP contribution in [-0.2, 0) is 4.79 Å². The van der Waals surface area contributed by atoms with Crippen molar-refractivity contribution in [3.63, 3.8) is 0 Å². The van der Waals surface area contributed by atoms with Crippen molar-refractivity contribution in [3.05, 3.63) is 77.4 Å². The fraction of sp³-hybridized carbons (Fsp3) is 0.174. The molecule has 5 nitrogen and oxygen atoms in total. The van der Waals surface area contributed by atoms with E-state index < -0.39 is 17.7 Å². The summed E-state index contributed by atoms with van der Waals surface area (Å²) in [6, 6.07) is 18.2. The van der Waals surface area contributed by atoms with Gasteiger partial charge in [-0.25, -0.2) is 0 Å². The molecule has 3 amide bonds. The molecule has 0 fully saturated rings. The third kappa shape index (κ3) is 3.05. The minimum Gasteiger partial charge on any atom is -0.325 e. The fourth-order valence-electron chi connectivity index (χ4n) is 3.52. The van der Waals surface area contributed by atoms with Crippen LogP contribution in [0.1, 0.15) is 46.0 Å². The van der Waals surface area contributed by atoms with E-state index in [9.17, 15) is 14.4 Å². The fourth-order valence-corrected chi connectivity index (χ4v) is 3.52. The molecule has 0 saturated carbocycles. The third-order valence-corrected chi connectivity index (χ3v) is 5.02. The van der Waals surface area contributed by atoms with Gasteiger partial charge < -0.3 is 5.32 Å². The lowest BCUT2D eigenvalue weighted by atomic mass is 9.94. The Labute approximate surface area is 163 Å². The molecule has 0 radical (unpaired) electrons. The molecule has 0 aromatic heterocycles. The number of imide groups is 1. The number of benzene rings is 3. The monoisotopic (exact) mass is 372 g/mol. The van der Waals surface area contributed by atoms with Crippen LogP contribution < -0.4 is 5.32 Å². The number of rotatable bonds is 4. The van der Waals surface area contributed by atoms with Crippen molar-refractivity contribution in [2.45, 2.75) is 19.8 Å². The molecular weight excluding hydrogens is 352 g/mol. The Kier molecular flexibility index (Phi) is 4.43. The van der Waals surface area contributed by atoms with E-state index in [2.05, 4.69) is 19.2 Å². The molecule has 1 aliphatic rings. The number of carbonyl (C=O) groups is 3. The van der Waals surface area contributed by atoms with E-state index in [-0.39, 0.29) is 6.54 Å². The Hall–Kier alpha value is -3.47. The van der Waals surface area contributed by atoms with E-state index in [4.69, 9.17) is 0 Å². The second-order valence-electron chi connectivity index (χ2n) is 7.23. The Morgan fingerprint density at radius 1 is 0.893 bits per heavy atom. The van der Waals surface area contributed by atoms with E-state index in [0.717, 1.165) is 10.3 Å². The van der Waals surface area contributed by atoms with Crippen LogP contribution >= 0.6 is 0 Å². The molecule has 0 bridgehead atoms. The van der Waals surface area contributed by atoms with Crippen LogP contribution in [0.4, 0.5) is 5.69 Å². The highest BCUT2D eigenvalue weighted by Gasteiger charge is 2.33. The van der Waals surface area contributed by atoms with Gasteiger partial charge in [-0.05, 0) is 41.1 Å². The van der Waals surface area contributed by atoms with Crippen LogP contribution in [0.15, 0.2) is 60.7 Å². The van der Waals surface area contributed by atoms with E-state index in [0.29, 0.717) is 28.1 Å².